The Kier molecular flexibility index (Phi) is 7.34. The number of hydrogen-bond acceptors (Lipinski definition) is 8. The molecular formula is C26H36N2O7S. The number of carbonyl (C=O) groups is 2. The van der Waals surface area contributed by atoms with Gasteiger partial charge in [-0.25, -0.2) is 9.59 Å². The van der Waals surface area contributed by atoms with Crippen LogP contribution in [0.2, 0.25) is 0 Å². The van der Waals surface area contributed by atoms with Gasteiger partial charge in [0.15, 0.2) is 5.60 Å². The molecule has 10 heteroatoms. The van der Waals surface area contributed by atoms with E-state index in [2.05, 4.69) is 10.3 Å². The Morgan fingerprint density at radius 3 is 2.67 bits per heavy atom. The highest BCUT2D eigenvalue weighted by Crippen LogP contribution is 2.39. The molecule has 1 N–H and O–H groups in total. The van der Waals surface area contributed by atoms with Crippen molar-refractivity contribution in [3.8, 4) is 0 Å². The Labute approximate surface area is 214 Å². The molecule has 0 bridgehead atoms. The normalized spacial score (nSPS) is 23.4. The van der Waals surface area contributed by atoms with Crippen molar-refractivity contribution in [1.82, 2.24) is 10.3 Å². The first-order valence-corrected chi connectivity index (χ1v) is 14.1. The number of nitrogens with one attached hydrogen (secondary N) is 1. The number of amides is 1. The number of furan rings is 1. The van der Waals surface area contributed by atoms with Crippen molar-refractivity contribution < 1.29 is 32.8 Å². The summed E-state index contributed by atoms with van der Waals surface area (Å²) in [6.07, 6.45) is 6.85. The third kappa shape index (κ3) is 6.33. The van der Waals surface area contributed by atoms with E-state index in [-0.39, 0.29) is 12.2 Å². The average Bonchev–Trinajstić information content (AvgIpc) is 3.40. The maximum absolute atomic E-state index is 13.4. The van der Waals surface area contributed by atoms with Crippen LogP contribution >= 0.6 is 0 Å². The quantitative estimate of drug-likeness (QED) is 0.388. The van der Waals surface area contributed by atoms with Crippen LogP contribution in [-0.4, -0.2) is 56.6 Å². The van der Waals surface area contributed by atoms with Crippen molar-refractivity contribution in [1.29, 1.82) is 0 Å². The van der Waals surface area contributed by atoms with Gasteiger partial charge in [0.1, 0.15) is 28.7 Å². The minimum atomic E-state index is -1.67. The molecule has 3 heterocycles. The van der Waals surface area contributed by atoms with E-state index in [4.69, 9.17) is 18.6 Å². The second kappa shape index (κ2) is 9.87. The number of esters is 1. The van der Waals surface area contributed by atoms with Gasteiger partial charge in [0, 0.05) is 38.3 Å². The van der Waals surface area contributed by atoms with Crippen LogP contribution in [0.15, 0.2) is 22.7 Å². The molecule has 1 saturated carbocycles. The zero-order valence-electron chi connectivity index (χ0n) is 21.8. The Bertz CT molecular complexity index is 1120. The number of hydrogen-bond donors (Lipinski definition) is 1. The van der Waals surface area contributed by atoms with Crippen molar-refractivity contribution in [2.45, 2.75) is 89.8 Å². The third-order valence-electron chi connectivity index (χ3n) is 6.27. The second-order valence-electron chi connectivity index (χ2n) is 11.3. The van der Waals surface area contributed by atoms with Crippen LogP contribution in [0.25, 0.3) is 11.0 Å². The lowest BCUT2D eigenvalue weighted by Gasteiger charge is -2.34. The summed E-state index contributed by atoms with van der Waals surface area (Å²) < 4.78 is 35.7. The maximum atomic E-state index is 13.4. The number of pyridine rings is 1. The smallest absolute Gasteiger partial charge is 0.408 e. The largest absolute Gasteiger partial charge is 0.616 e. The van der Waals surface area contributed by atoms with Crippen LogP contribution < -0.4 is 5.32 Å². The number of rotatable bonds is 9. The predicted octanol–water partition coefficient (Wildman–Crippen LogP) is 4.03. The fourth-order valence-electron chi connectivity index (χ4n) is 4.57. The summed E-state index contributed by atoms with van der Waals surface area (Å²) in [6.45, 7) is 8.47. The van der Waals surface area contributed by atoms with E-state index in [1.54, 1.807) is 46.9 Å². The highest BCUT2D eigenvalue weighted by Gasteiger charge is 2.60. The monoisotopic (exact) mass is 520 g/mol. The Morgan fingerprint density at radius 2 is 2.08 bits per heavy atom. The van der Waals surface area contributed by atoms with E-state index in [0.29, 0.717) is 11.3 Å². The number of aromatic nitrogens is 1. The minimum absolute atomic E-state index is 0.00807. The second-order valence-corrected chi connectivity index (χ2v) is 12.7. The van der Waals surface area contributed by atoms with E-state index in [1.807, 2.05) is 6.07 Å². The maximum Gasteiger partial charge on any atom is 0.408 e. The summed E-state index contributed by atoms with van der Waals surface area (Å²) in [4.78, 5) is 30.7. The van der Waals surface area contributed by atoms with E-state index in [9.17, 15) is 14.1 Å². The van der Waals surface area contributed by atoms with Gasteiger partial charge in [0.25, 0.3) is 0 Å². The first-order chi connectivity index (χ1) is 16.8. The molecule has 198 valence electrons. The fraction of sp³-hybridized carbons (Fsp3) is 0.654. The third-order valence-corrected chi connectivity index (χ3v) is 7.07. The lowest BCUT2D eigenvalue weighted by atomic mass is 9.88. The lowest BCUT2D eigenvalue weighted by molar-refractivity contribution is -0.169. The van der Waals surface area contributed by atoms with Crippen LogP contribution in [0.5, 0.6) is 0 Å². The highest BCUT2D eigenvalue weighted by molar-refractivity contribution is 7.90. The molecule has 9 nitrogen and oxygen atoms in total. The molecule has 3 atom stereocenters. The van der Waals surface area contributed by atoms with E-state index >= 15 is 0 Å². The molecule has 1 unspecified atom stereocenters. The number of cyclic esters (lactones) is 1. The first-order valence-electron chi connectivity index (χ1n) is 12.4. The SMILES string of the molecule is C[S+]([O-])C[C@H](NC(=O)OC(C)(C)C)[C@@]1(Cc2nccc3oc(CCC4CC4)cc23)OC(C)(C)OC1=O. The van der Waals surface area contributed by atoms with Crippen LogP contribution in [0.1, 0.15) is 65.3 Å². The summed E-state index contributed by atoms with van der Waals surface area (Å²) in [6, 6.07) is 2.76. The summed E-state index contributed by atoms with van der Waals surface area (Å²) >= 11 is -1.38. The van der Waals surface area contributed by atoms with Gasteiger partial charge in [-0.2, -0.15) is 0 Å². The van der Waals surface area contributed by atoms with E-state index in [0.717, 1.165) is 29.9 Å². The van der Waals surface area contributed by atoms with Gasteiger partial charge in [0.2, 0.25) is 5.79 Å². The van der Waals surface area contributed by atoms with E-state index in [1.165, 1.54) is 19.1 Å². The van der Waals surface area contributed by atoms with Gasteiger partial charge in [-0.05, 0) is 45.2 Å². The van der Waals surface area contributed by atoms with Crippen LogP contribution in [0, 0.1) is 5.92 Å². The first kappa shape index (κ1) is 26.8. The zero-order valence-corrected chi connectivity index (χ0v) is 22.7. The summed E-state index contributed by atoms with van der Waals surface area (Å²) in [5.74, 6) is -0.306. The van der Waals surface area contributed by atoms with Crippen LogP contribution in [0.3, 0.4) is 0 Å². The molecule has 2 aromatic rings. The standard InChI is InChI=1S/C26H36N2O7S/c1-24(2,3)34-23(30)28-21(15-36(6)31)26(22(29)33-25(4,5)35-26)14-19-18-13-17(10-9-16-7-8-16)32-20(18)11-12-27-19/h11-13,16,21H,7-10,14-15H2,1-6H3,(H,28,30)/t21-,26+,36?/m0/s1. The van der Waals surface area contributed by atoms with Gasteiger partial charge in [-0.3, -0.25) is 4.98 Å². The molecule has 1 aliphatic heterocycles. The molecule has 4 rings (SSSR count). The number of fused-ring (bicyclic) bond motifs is 1. The van der Waals surface area contributed by atoms with Gasteiger partial charge in [0.05, 0.1) is 11.9 Å². The van der Waals surface area contributed by atoms with Gasteiger partial charge >= 0.3 is 12.1 Å². The predicted molar refractivity (Wildman–Crippen MR) is 135 cm³/mol. The van der Waals surface area contributed by atoms with Crippen LogP contribution in [-0.2, 0) is 43.0 Å². The molecule has 2 aliphatic rings. The number of ether oxygens (including phenoxy) is 3. The number of aryl methyl sites for hydroxylation is 1. The average molecular weight is 521 g/mol. The van der Waals surface area contributed by atoms with Crippen molar-refractivity contribution in [3.05, 3.63) is 29.8 Å². The van der Waals surface area contributed by atoms with Crippen LogP contribution in [0.4, 0.5) is 4.79 Å². The molecular weight excluding hydrogens is 484 g/mol. The summed E-state index contributed by atoms with van der Waals surface area (Å²) in [7, 11) is 0. The number of carbonyl (C=O) groups excluding carboxylic acids is 2. The van der Waals surface area contributed by atoms with Crippen molar-refractivity contribution in [3.63, 3.8) is 0 Å². The van der Waals surface area contributed by atoms with Gasteiger partial charge in [-0.1, -0.05) is 24.0 Å². The van der Waals surface area contributed by atoms with Crippen molar-refractivity contribution in [2.24, 2.45) is 5.92 Å². The highest BCUT2D eigenvalue weighted by atomic mass is 32.2. The molecule has 0 spiro atoms. The molecule has 1 aliphatic carbocycles. The van der Waals surface area contributed by atoms with E-state index < -0.39 is 46.3 Å². The zero-order chi connectivity index (χ0) is 26.3. The Morgan fingerprint density at radius 1 is 1.36 bits per heavy atom. The molecule has 2 fully saturated rings. The molecule has 0 aromatic carbocycles. The summed E-state index contributed by atoms with van der Waals surface area (Å²) in [5.41, 5.74) is -1.19. The van der Waals surface area contributed by atoms with Gasteiger partial charge in [-0.15, -0.1) is 0 Å². The molecule has 1 amide bonds. The van der Waals surface area contributed by atoms with Crippen molar-refractivity contribution in [2.75, 3.05) is 12.0 Å². The summed E-state index contributed by atoms with van der Waals surface area (Å²) in [5, 5.41) is 3.51. The molecule has 0 radical (unpaired) electrons. The molecule has 1 saturated heterocycles. The number of alkyl carbamates (subject to hydrolysis) is 1. The Hall–Kier alpha value is -2.30. The topological polar surface area (TPSA) is 123 Å². The Balaban J connectivity index is 1.69. The van der Waals surface area contributed by atoms with Crippen molar-refractivity contribution >= 4 is 34.2 Å². The lowest BCUT2D eigenvalue weighted by Crippen LogP contribution is -2.61. The molecule has 2 aromatic heterocycles. The van der Waals surface area contributed by atoms with Gasteiger partial charge < -0.3 is 28.5 Å². The molecule has 36 heavy (non-hydrogen) atoms. The fourth-order valence-corrected chi connectivity index (χ4v) is 5.39. The number of nitrogens with zero attached hydrogens (tertiary/aromatic N) is 1. The minimum Gasteiger partial charge on any atom is -0.616 e.